The summed E-state index contributed by atoms with van der Waals surface area (Å²) in [6.07, 6.45) is 0. The van der Waals surface area contributed by atoms with Crippen LogP contribution in [0.3, 0.4) is 0 Å². The molecule has 0 fully saturated rings. The summed E-state index contributed by atoms with van der Waals surface area (Å²) in [5.41, 5.74) is 3.42. The van der Waals surface area contributed by atoms with Crippen molar-refractivity contribution in [2.24, 2.45) is 7.05 Å². The van der Waals surface area contributed by atoms with Crippen molar-refractivity contribution >= 4 is 34.1 Å². The Morgan fingerprint density at radius 3 is 2.38 bits per heavy atom. The number of fused-ring (bicyclic) bond motifs is 1. The van der Waals surface area contributed by atoms with Gasteiger partial charge in [0.15, 0.2) is 0 Å². The summed E-state index contributed by atoms with van der Waals surface area (Å²) >= 11 is 12.4. The van der Waals surface area contributed by atoms with Crippen molar-refractivity contribution in [3.8, 4) is 0 Å². The molecule has 0 amide bonds. The number of para-hydroxylation sites is 1. The van der Waals surface area contributed by atoms with Gasteiger partial charge in [-0.15, -0.1) is 0 Å². The SMILES string of the molecule is Cn1c(CNCc2c(Cl)cccc2Cl)cc2ccccc21. The van der Waals surface area contributed by atoms with Gasteiger partial charge in [0.05, 0.1) is 0 Å². The molecule has 1 heterocycles. The smallest absolute Gasteiger partial charge is 0.0480 e. The molecule has 0 aliphatic heterocycles. The lowest BCUT2D eigenvalue weighted by molar-refractivity contribution is 0.660. The topological polar surface area (TPSA) is 17.0 Å². The molecule has 0 aliphatic rings. The molecule has 0 atom stereocenters. The molecule has 21 heavy (non-hydrogen) atoms. The minimum absolute atomic E-state index is 0.653. The zero-order valence-electron chi connectivity index (χ0n) is 11.7. The fourth-order valence-corrected chi connectivity index (χ4v) is 3.06. The van der Waals surface area contributed by atoms with Crippen molar-refractivity contribution in [2.75, 3.05) is 0 Å². The molecule has 0 aliphatic carbocycles. The molecule has 1 aromatic heterocycles. The summed E-state index contributed by atoms with van der Waals surface area (Å²) in [7, 11) is 2.09. The Bertz CT molecular complexity index is 757. The fraction of sp³-hybridized carbons (Fsp3) is 0.176. The Labute approximate surface area is 134 Å². The highest BCUT2D eigenvalue weighted by Gasteiger charge is 2.07. The molecule has 2 nitrogen and oxygen atoms in total. The quantitative estimate of drug-likeness (QED) is 0.732. The highest BCUT2D eigenvalue weighted by molar-refractivity contribution is 6.35. The average molecular weight is 319 g/mol. The Hall–Kier alpha value is -1.48. The van der Waals surface area contributed by atoms with Crippen LogP contribution in [0.2, 0.25) is 10.0 Å². The lowest BCUT2D eigenvalue weighted by atomic mass is 10.2. The van der Waals surface area contributed by atoms with Crippen LogP contribution >= 0.6 is 23.2 Å². The maximum atomic E-state index is 6.18. The fourth-order valence-electron chi connectivity index (χ4n) is 2.53. The van der Waals surface area contributed by atoms with Gasteiger partial charge in [0, 0.05) is 47.0 Å². The van der Waals surface area contributed by atoms with Gasteiger partial charge in [-0.2, -0.15) is 0 Å². The van der Waals surface area contributed by atoms with E-state index in [0.717, 1.165) is 12.1 Å². The van der Waals surface area contributed by atoms with Crippen LogP contribution < -0.4 is 5.32 Å². The Morgan fingerprint density at radius 2 is 1.67 bits per heavy atom. The summed E-state index contributed by atoms with van der Waals surface area (Å²) in [4.78, 5) is 0. The summed E-state index contributed by atoms with van der Waals surface area (Å²) in [6.45, 7) is 1.42. The predicted molar refractivity (Wildman–Crippen MR) is 89.9 cm³/mol. The van der Waals surface area contributed by atoms with E-state index in [1.165, 1.54) is 16.6 Å². The first kappa shape index (κ1) is 14.5. The maximum Gasteiger partial charge on any atom is 0.0480 e. The zero-order valence-corrected chi connectivity index (χ0v) is 13.2. The van der Waals surface area contributed by atoms with Crippen LogP contribution in [0.25, 0.3) is 10.9 Å². The predicted octanol–water partition coefficient (Wildman–Crippen LogP) is 4.77. The molecule has 0 unspecified atom stereocenters. The summed E-state index contributed by atoms with van der Waals surface area (Å²) in [6, 6.07) is 16.2. The van der Waals surface area contributed by atoms with Crippen molar-refractivity contribution in [2.45, 2.75) is 13.1 Å². The van der Waals surface area contributed by atoms with Gasteiger partial charge in [-0.1, -0.05) is 47.5 Å². The molecule has 4 heteroatoms. The first-order chi connectivity index (χ1) is 10.2. The number of benzene rings is 2. The van der Waals surface area contributed by atoms with Crippen LogP contribution in [-0.4, -0.2) is 4.57 Å². The summed E-state index contributed by atoms with van der Waals surface area (Å²) < 4.78 is 2.20. The monoisotopic (exact) mass is 318 g/mol. The Kier molecular flexibility index (Phi) is 4.20. The Morgan fingerprint density at radius 1 is 0.952 bits per heavy atom. The standard InChI is InChI=1S/C17H16Cl2N2/c1-21-13(9-12-5-2-3-8-17(12)21)10-20-11-14-15(18)6-4-7-16(14)19/h2-9,20H,10-11H2,1H3. The molecule has 0 spiro atoms. The normalized spacial score (nSPS) is 11.2. The molecular formula is C17H16Cl2N2. The van der Waals surface area contributed by atoms with Crippen LogP contribution in [-0.2, 0) is 20.1 Å². The van der Waals surface area contributed by atoms with Gasteiger partial charge in [0.2, 0.25) is 0 Å². The van der Waals surface area contributed by atoms with Crippen LogP contribution in [0.5, 0.6) is 0 Å². The van der Waals surface area contributed by atoms with Gasteiger partial charge in [0.25, 0.3) is 0 Å². The highest BCUT2D eigenvalue weighted by atomic mass is 35.5. The minimum Gasteiger partial charge on any atom is -0.346 e. The number of nitrogens with zero attached hydrogens (tertiary/aromatic N) is 1. The van der Waals surface area contributed by atoms with Gasteiger partial charge in [0.1, 0.15) is 0 Å². The molecule has 0 radical (unpaired) electrons. The largest absolute Gasteiger partial charge is 0.346 e. The molecule has 2 aromatic carbocycles. The number of nitrogens with one attached hydrogen (secondary N) is 1. The Balaban J connectivity index is 1.74. The molecule has 0 saturated heterocycles. The van der Waals surface area contributed by atoms with Gasteiger partial charge < -0.3 is 9.88 Å². The van der Waals surface area contributed by atoms with E-state index in [-0.39, 0.29) is 0 Å². The molecular weight excluding hydrogens is 303 g/mol. The maximum absolute atomic E-state index is 6.18. The molecule has 3 rings (SSSR count). The molecule has 1 N–H and O–H groups in total. The van der Waals surface area contributed by atoms with Gasteiger partial charge >= 0.3 is 0 Å². The van der Waals surface area contributed by atoms with E-state index in [1.54, 1.807) is 0 Å². The van der Waals surface area contributed by atoms with Crippen molar-refractivity contribution < 1.29 is 0 Å². The van der Waals surface area contributed by atoms with E-state index in [4.69, 9.17) is 23.2 Å². The third-order valence-electron chi connectivity index (χ3n) is 3.72. The lowest BCUT2D eigenvalue weighted by Crippen LogP contribution is -2.15. The number of hydrogen-bond donors (Lipinski definition) is 1. The second-order valence-corrected chi connectivity index (χ2v) is 5.87. The lowest BCUT2D eigenvalue weighted by Gasteiger charge is -2.09. The summed E-state index contributed by atoms with van der Waals surface area (Å²) in [5, 5.41) is 6.07. The molecule has 0 bridgehead atoms. The number of rotatable bonds is 4. The number of aryl methyl sites for hydroxylation is 1. The van der Waals surface area contributed by atoms with Gasteiger partial charge in [-0.05, 0) is 29.7 Å². The van der Waals surface area contributed by atoms with Crippen molar-refractivity contribution in [3.63, 3.8) is 0 Å². The number of aromatic nitrogens is 1. The first-order valence-corrected chi connectivity index (χ1v) is 7.59. The van der Waals surface area contributed by atoms with E-state index in [0.29, 0.717) is 16.6 Å². The third kappa shape index (κ3) is 2.93. The molecule has 0 saturated carbocycles. The summed E-state index contributed by atoms with van der Waals surface area (Å²) in [5.74, 6) is 0. The molecule has 3 aromatic rings. The molecule has 108 valence electrons. The first-order valence-electron chi connectivity index (χ1n) is 6.84. The van der Waals surface area contributed by atoms with Crippen LogP contribution in [0.15, 0.2) is 48.5 Å². The second kappa shape index (κ2) is 6.10. The van der Waals surface area contributed by atoms with Crippen LogP contribution in [0.4, 0.5) is 0 Å². The van der Waals surface area contributed by atoms with Crippen molar-refractivity contribution in [1.29, 1.82) is 0 Å². The van der Waals surface area contributed by atoms with Gasteiger partial charge in [-0.3, -0.25) is 0 Å². The minimum atomic E-state index is 0.653. The van der Waals surface area contributed by atoms with E-state index in [1.807, 2.05) is 18.2 Å². The van der Waals surface area contributed by atoms with Crippen molar-refractivity contribution in [3.05, 3.63) is 69.8 Å². The van der Waals surface area contributed by atoms with E-state index >= 15 is 0 Å². The van der Waals surface area contributed by atoms with E-state index in [2.05, 4.69) is 47.3 Å². The third-order valence-corrected chi connectivity index (χ3v) is 4.43. The number of hydrogen-bond acceptors (Lipinski definition) is 1. The average Bonchev–Trinajstić information content (AvgIpc) is 2.79. The van der Waals surface area contributed by atoms with Gasteiger partial charge in [-0.25, -0.2) is 0 Å². The second-order valence-electron chi connectivity index (χ2n) is 5.06. The zero-order chi connectivity index (χ0) is 14.8. The van der Waals surface area contributed by atoms with E-state index in [9.17, 15) is 0 Å². The van der Waals surface area contributed by atoms with E-state index < -0.39 is 0 Å². The highest BCUT2D eigenvalue weighted by Crippen LogP contribution is 2.24. The van der Waals surface area contributed by atoms with Crippen molar-refractivity contribution in [1.82, 2.24) is 9.88 Å². The number of halogens is 2. The van der Waals surface area contributed by atoms with Crippen LogP contribution in [0, 0.1) is 0 Å². The van der Waals surface area contributed by atoms with Crippen LogP contribution in [0.1, 0.15) is 11.3 Å².